The second-order valence-electron chi connectivity index (χ2n) is 6.32. The first kappa shape index (κ1) is 19.1. The topological polar surface area (TPSA) is 81.7 Å². The number of fused-ring (bicyclic) bond motifs is 1. The van der Waals surface area contributed by atoms with E-state index < -0.39 is 18.0 Å². The van der Waals surface area contributed by atoms with Gasteiger partial charge in [-0.2, -0.15) is 0 Å². The minimum atomic E-state index is -1.16. The average Bonchev–Trinajstić information content (AvgIpc) is 3.03. The molecule has 0 saturated heterocycles. The molecule has 1 N–H and O–H groups in total. The first-order valence-electron chi connectivity index (χ1n) is 8.77. The Morgan fingerprint density at radius 2 is 1.81 bits per heavy atom. The van der Waals surface area contributed by atoms with Crippen molar-refractivity contribution in [1.82, 2.24) is 0 Å². The highest BCUT2D eigenvalue weighted by Crippen LogP contribution is 2.39. The quantitative estimate of drug-likeness (QED) is 0.792. The minimum absolute atomic E-state index is 0.254. The molecule has 0 aliphatic heterocycles. The van der Waals surface area contributed by atoms with Gasteiger partial charge in [-0.15, -0.1) is 11.3 Å². The van der Waals surface area contributed by atoms with Gasteiger partial charge in [-0.1, -0.05) is 30.3 Å². The van der Waals surface area contributed by atoms with Crippen LogP contribution in [0.15, 0.2) is 30.3 Å². The number of rotatable bonds is 5. The summed E-state index contributed by atoms with van der Waals surface area (Å²) in [6.45, 7) is 1.40. The first-order chi connectivity index (χ1) is 13.0. The van der Waals surface area contributed by atoms with Crippen molar-refractivity contribution in [3.63, 3.8) is 0 Å². The summed E-state index contributed by atoms with van der Waals surface area (Å²) in [4.78, 5) is 37.9. The second-order valence-corrected chi connectivity index (χ2v) is 7.42. The molecule has 1 atom stereocenters. The summed E-state index contributed by atoms with van der Waals surface area (Å²) in [7, 11) is 1.25. The Morgan fingerprint density at radius 3 is 2.48 bits per heavy atom. The van der Waals surface area contributed by atoms with E-state index >= 15 is 0 Å². The molecule has 1 amide bonds. The Bertz CT molecular complexity index is 859. The fourth-order valence-electron chi connectivity index (χ4n) is 3.18. The van der Waals surface area contributed by atoms with Gasteiger partial charge in [0.25, 0.3) is 0 Å². The third-order valence-electron chi connectivity index (χ3n) is 4.41. The number of carbonyl (C=O) groups is 3. The normalized spacial score (nSPS) is 14.0. The summed E-state index contributed by atoms with van der Waals surface area (Å²) in [5.74, 6) is -1.53. The summed E-state index contributed by atoms with van der Waals surface area (Å²) in [5, 5.41) is 3.21. The molecule has 7 heteroatoms. The van der Waals surface area contributed by atoms with Crippen LogP contribution in [0.3, 0.4) is 0 Å². The van der Waals surface area contributed by atoms with E-state index in [0.717, 1.165) is 36.1 Å². The van der Waals surface area contributed by atoms with Gasteiger partial charge in [0.2, 0.25) is 12.0 Å². The number of ether oxygens (including phenoxy) is 2. The van der Waals surface area contributed by atoms with Gasteiger partial charge in [-0.25, -0.2) is 9.59 Å². The van der Waals surface area contributed by atoms with Gasteiger partial charge in [-0.05, 0) is 31.2 Å². The Balaban J connectivity index is 1.95. The third-order valence-corrected chi connectivity index (χ3v) is 5.61. The maximum absolute atomic E-state index is 13.0. The van der Waals surface area contributed by atoms with Crippen molar-refractivity contribution >= 4 is 34.2 Å². The summed E-state index contributed by atoms with van der Waals surface area (Å²) < 4.78 is 10.4. The van der Waals surface area contributed by atoms with Crippen LogP contribution in [-0.2, 0) is 31.9 Å². The highest BCUT2D eigenvalue weighted by atomic mass is 32.1. The molecule has 142 valence electrons. The summed E-state index contributed by atoms with van der Waals surface area (Å²) in [5.41, 5.74) is 1.80. The van der Waals surface area contributed by atoms with E-state index in [2.05, 4.69) is 5.32 Å². The smallest absolute Gasteiger partial charge is 0.351 e. The Hall–Kier alpha value is -2.67. The number of hydrogen-bond donors (Lipinski definition) is 1. The number of hydrogen-bond acceptors (Lipinski definition) is 6. The zero-order chi connectivity index (χ0) is 19.4. The molecule has 1 aliphatic rings. The molecule has 3 rings (SSSR count). The van der Waals surface area contributed by atoms with Crippen LogP contribution in [0, 0.1) is 0 Å². The third kappa shape index (κ3) is 4.19. The summed E-state index contributed by atoms with van der Waals surface area (Å²) >= 11 is 1.41. The molecule has 1 aromatic heterocycles. The lowest BCUT2D eigenvalue weighted by molar-refractivity contribution is -0.151. The molecule has 0 fully saturated rings. The van der Waals surface area contributed by atoms with E-state index in [0.29, 0.717) is 16.1 Å². The number of thiophene rings is 1. The van der Waals surface area contributed by atoms with Gasteiger partial charge in [0.05, 0.1) is 12.7 Å². The lowest BCUT2D eigenvalue weighted by Crippen LogP contribution is -2.22. The number of carbonyl (C=O) groups excluding carboxylic acids is 3. The summed E-state index contributed by atoms with van der Waals surface area (Å²) in [6, 6.07) is 8.73. The average molecular weight is 387 g/mol. The Labute approximate surface area is 161 Å². The van der Waals surface area contributed by atoms with Crippen molar-refractivity contribution in [1.29, 1.82) is 0 Å². The predicted molar refractivity (Wildman–Crippen MR) is 102 cm³/mol. The lowest BCUT2D eigenvalue weighted by Gasteiger charge is -2.18. The maximum Gasteiger partial charge on any atom is 0.351 e. The number of methoxy groups -OCH3 is 1. The van der Waals surface area contributed by atoms with Crippen LogP contribution in [-0.4, -0.2) is 25.0 Å². The van der Waals surface area contributed by atoms with Crippen LogP contribution < -0.4 is 5.32 Å². The number of nitrogens with one attached hydrogen (secondary N) is 1. The van der Waals surface area contributed by atoms with Crippen molar-refractivity contribution in [2.75, 3.05) is 12.4 Å². The van der Waals surface area contributed by atoms with E-state index in [4.69, 9.17) is 9.47 Å². The second kappa shape index (κ2) is 8.35. The van der Waals surface area contributed by atoms with Crippen LogP contribution in [0.5, 0.6) is 0 Å². The van der Waals surface area contributed by atoms with Crippen molar-refractivity contribution in [3.8, 4) is 0 Å². The first-order valence-corrected chi connectivity index (χ1v) is 9.58. The Kier molecular flexibility index (Phi) is 5.91. The zero-order valence-corrected chi connectivity index (χ0v) is 16.1. The highest BCUT2D eigenvalue weighted by Gasteiger charge is 2.32. The number of anilines is 1. The predicted octanol–water partition coefficient (Wildman–Crippen LogP) is 3.66. The van der Waals surface area contributed by atoms with Crippen molar-refractivity contribution in [2.24, 2.45) is 0 Å². The standard InChI is InChI=1S/C20H21NO5S/c1-12(22)21-18-16(14-10-6-7-11-15(14)27-18)19(23)26-17(20(24)25-2)13-8-4-3-5-9-13/h3-5,8-9,17H,6-7,10-11H2,1-2H3,(H,21,22). The van der Waals surface area contributed by atoms with E-state index in [1.807, 2.05) is 6.07 Å². The number of esters is 2. The van der Waals surface area contributed by atoms with E-state index in [-0.39, 0.29) is 5.91 Å². The van der Waals surface area contributed by atoms with Gasteiger partial charge in [0.1, 0.15) is 5.00 Å². The fraction of sp³-hybridized carbons (Fsp3) is 0.350. The zero-order valence-electron chi connectivity index (χ0n) is 15.2. The van der Waals surface area contributed by atoms with Crippen LogP contribution >= 0.6 is 11.3 Å². The van der Waals surface area contributed by atoms with E-state index in [1.165, 1.54) is 25.4 Å². The number of aryl methyl sites for hydroxylation is 1. The van der Waals surface area contributed by atoms with Crippen LogP contribution in [0.4, 0.5) is 5.00 Å². The van der Waals surface area contributed by atoms with Gasteiger partial charge in [-0.3, -0.25) is 4.79 Å². The molecule has 1 aliphatic carbocycles. The van der Waals surface area contributed by atoms with Gasteiger partial charge >= 0.3 is 11.9 Å². The molecular weight excluding hydrogens is 366 g/mol. The molecule has 0 bridgehead atoms. The van der Waals surface area contributed by atoms with Gasteiger partial charge in [0, 0.05) is 17.4 Å². The van der Waals surface area contributed by atoms with Crippen molar-refractivity contribution < 1.29 is 23.9 Å². The van der Waals surface area contributed by atoms with E-state index in [9.17, 15) is 14.4 Å². The van der Waals surface area contributed by atoms with Crippen molar-refractivity contribution in [2.45, 2.75) is 38.7 Å². The molecule has 2 aromatic rings. The van der Waals surface area contributed by atoms with Crippen LogP contribution in [0.25, 0.3) is 0 Å². The molecule has 27 heavy (non-hydrogen) atoms. The Morgan fingerprint density at radius 1 is 1.11 bits per heavy atom. The van der Waals surface area contributed by atoms with Crippen LogP contribution in [0.2, 0.25) is 0 Å². The molecule has 1 unspecified atom stereocenters. The van der Waals surface area contributed by atoms with Crippen LogP contribution in [0.1, 0.15) is 52.2 Å². The summed E-state index contributed by atoms with van der Waals surface area (Å²) in [6.07, 6.45) is 2.50. The highest BCUT2D eigenvalue weighted by molar-refractivity contribution is 7.17. The molecule has 0 radical (unpaired) electrons. The van der Waals surface area contributed by atoms with Gasteiger partial charge in [0.15, 0.2) is 0 Å². The molecule has 6 nitrogen and oxygen atoms in total. The fourth-order valence-corrected chi connectivity index (χ4v) is 4.51. The lowest BCUT2D eigenvalue weighted by atomic mass is 9.95. The molecule has 1 heterocycles. The van der Waals surface area contributed by atoms with Crippen molar-refractivity contribution in [3.05, 3.63) is 51.9 Å². The molecule has 0 saturated carbocycles. The maximum atomic E-state index is 13.0. The number of amides is 1. The van der Waals surface area contributed by atoms with E-state index in [1.54, 1.807) is 24.3 Å². The molecule has 1 aromatic carbocycles. The largest absolute Gasteiger partial charge is 0.466 e. The SMILES string of the molecule is COC(=O)C(OC(=O)c1c(NC(C)=O)sc2c1CCCC2)c1ccccc1. The minimum Gasteiger partial charge on any atom is -0.466 e. The molecular formula is C20H21NO5S. The number of benzene rings is 1. The van der Waals surface area contributed by atoms with Gasteiger partial charge < -0.3 is 14.8 Å². The molecule has 0 spiro atoms. The monoisotopic (exact) mass is 387 g/mol.